The first-order chi connectivity index (χ1) is 9.78. The molecule has 4 heteroatoms. The number of hydrogen-bond acceptors (Lipinski definition) is 3. The molecule has 3 nitrogen and oxygen atoms in total. The lowest BCUT2D eigenvalue weighted by Crippen LogP contribution is -2.05. The first-order valence-corrected chi connectivity index (χ1v) is 7.53. The van der Waals surface area contributed by atoms with Gasteiger partial charge >= 0.3 is 0 Å². The predicted octanol–water partition coefficient (Wildman–Crippen LogP) is 4.50. The average Bonchev–Trinajstić information content (AvgIpc) is 3.30. The first-order valence-electron chi connectivity index (χ1n) is 7.15. The summed E-state index contributed by atoms with van der Waals surface area (Å²) in [5.41, 5.74) is 1.88. The van der Waals surface area contributed by atoms with Gasteiger partial charge in [-0.05, 0) is 25.3 Å². The fraction of sp³-hybridized carbons (Fsp3) is 0.375. The molecule has 0 radical (unpaired) electrons. The summed E-state index contributed by atoms with van der Waals surface area (Å²) in [4.78, 5) is 9.32. The predicted molar refractivity (Wildman–Crippen MR) is 83.2 cm³/mol. The van der Waals surface area contributed by atoms with Crippen LogP contribution < -0.4 is 5.32 Å². The minimum atomic E-state index is 0.527. The highest BCUT2D eigenvalue weighted by Gasteiger charge is 2.27. The zero-order chi connectivity index (χ0) is 13.9. The largest absolute Gasteiger partial charge is 0.370 e. The maximum Gasteiger partial charge on any atom is 0.134 e. The summed E-state index contributed by atoms with van der Waals surface area (Å²) in [7, 11) is 0. The molecule has 1 N–H and O–H groups in total. The van der Waals surface area contributed by atoms with E-state index < -0.39 is 0 Å². The Balaban J connectivity index is 2.00. The van der Waals surface area contributed by atoms with Crippen LogP contribution in [0.3, 0.4) is 0 Å². The second-order valence-electron chi connectivity index (χ2n) is 5.18. The van der Waals surface area contributed by atoms with Gasteiger partial charge in [-0.15, -0.1) is 0 Å². The number of anilines is 1. The van der Waals surface area contributed by atoms with E-state index in [1.54, 1.807) is 0 Å². The number of aromatic nitrogens is 2. The highest BCUT2D eigenvalue weighted by molar-refractivity contribution is 6.33. The Bertz CT molecular complexity index is 608. The normalized spacial score (nSPS) is 14.3. The Morgan fingerprint density at radius 1 is 1.25 bits per heavy atom. The summed E-state index contributed by atoms with van der Waals surface area (Å²) >= 11 is 6.28. The number of rotatable bonds is 5. The third kappa shape index (κ3) is 2.93. The van der Waals surface area contributed by atoms with E-state index in [0.717, 1.165) is 40.9 Å². The molecule has 104 valence electrons. The molecule has 0 atom stereocenters. The van der Waals surface area contributed by atoms with Gasteiger partial charge in [0.05, 0.1) is 5.69 Å². The van der Waals surface area contributed by atoms with Gasteiger partial charge < -0.3 is 5.32 Å². The highest BCUT2D eigenvalue weighted by Crippen LogP contribution is 2.39. The lowest BCUT2D eigenvalue weighted by Gasteiger charge is -2.10. The molecular weight excluding hydrogens is 270 g/mol. The van der Waals surface area contributed by atoms with Gasteiger partial charge in [0.25, 0.3) is 0 Å². The third-order valence-electron chi connectivity index (χ3n) is 3.39. The number of benzene rings is 1. The zero-order valence-electron chi connectivity index (χ0n) is 11.6. The van der Waals surface area contributed by atoms with Crippen LogP contribution in [0.4, 0.5) is 5.82 Å². The summed E-state index contributed by atoms with van der Waals surface area (Å²) < 4.78 is 0. The average molecular weight is 288 g/mol. The van der Waals surface area contributed by atoms with Crippen molar-refractivity contribution < 1.29 is 0 Å². The Morgan fingerprint density at radius 3 is 2.75 bits per heavy atom. The summed E-state index contributed by atoms with van der Waals surface area (Å²) in [5, 5.41) is 4.08. The molecule has 0 unspecified atom stereocenters. The molecular formula is C16H18ClN3. The van der Waals surface area contributed by atoms with Gasteiger partial charge in [0, 0.05) is 29.1 Å². The Hall–Kier alpha value is -1.61. The standard InChI is InChI=1S/C16H18ClN3/c1-2-9-18-15-10-14(12-5-3-4-6-13(12)17)19-16(20-15)11-7-8-11/h3-6,10-11H,2,7-9H2,1H3,(H,18,19,20). The maximum absolute atomic E-state index is 6.28. The Morgan fingerprint density at radius 2 is 2.05 bits per heavy atom. The first kappa shape index (κ1) is 13.4. The van der Waals surface area contributed by atoms with Gasteiger partial charge in [0.2, 0.25) is 0 Å². The van der Waals surface area contributed by atoms with E-state index in [1.165, 1.54) is 12.8 Å². The van der Waals surface area contributed by atoms with E-state index in [9.17, 15) is 0 Å². The van der Waals surface area contributed by atoms with Gasteiger partial charge in [-0.2, -0.15) is 0 Å². The number of nitrogens with one attached hydrogen (secondary N) is 1. The summed E-state index contributed by atoms with van der Waals surface area (Å²) in [5.74, 6) is 2.37. The van der Waals surface area contributed by atoms with E-state index in [0.29, 0.717) is 5.92 Å². The topological polar surface area (TPSA) is 37.8 Å². The van der Waals surface area contributed by atoms with Gasteiger partial charge in [-0.1, -0.05) is 36.7 Å². The van der Waals surface area contributed by atoms with Gasteiger partial charge in [0.15, 0.2) is 0 Å². The van der Waals surface area contributed by atoms with Gasteiger partial charge in [-0.3, -0.25) is 0 Å². The van der Waals surface area contributed by atoms with Crippen LogP contribution in [0.2, 0.25) is 5.02 Å². The zero-order valence-corrected chi connectivity index (χ0v) is 12.3. The van der Waals surface area contributed by atoms with Gasteiger partial charge in [-0.25, -0.2) is 9.97 Å². The van der Waals surface area contributed by atoms with Crippen LogP contribution in [-0.2, 0) is 0 Å². The van der Waals surface area contributed by atoms with Crippen LogP contribution in [0.1, 0.15) is 37.9 Å². The molecule has 3 rings (SSSR count). The van der Waals surface area contributed by atoms with Crippen molar-refractivity contribution in [1.29, 1.82) is 0 Å². The molecule has 0 aliphatic heterocycles. The Labute approximate surface area is 124 Å². The lowest BCUT2D eigenvalue weighted by atomic mass is 10.1. The van der Waals surface area contributed by atoms with Crippen LogP contribution >= 0.6 is 11.6 Å². The quantitative estimate of drug-likeness (QED) is 0.880. The maximum atomic E-state index is 6.28. The fourth-order valence-corrected chi connectivity index (χ4v) is 2.37. The molecule has 2 aromatic rings. The van der Waals surface area contributed by atoms with Crippen molar-refractivity contribution in [3.05, 3.63) is 41.2 Å². The van der Waals surface area contributed by atoms with E-state index >= 15 is 0 Å². The summed E-state index contributed by atoms with van der Waals surface area (Å²) in [6, 6.07) is 9.81. The minimum absolute atomic E-state index is 0.527. The molecule has 1 aliphatic rings. The van der Waals surface area contributed by atoms with Crippen LogP contribution in [0.15, 0.2) is 30.3 Å². The highest BCUT2D eigenvalue weighted by atomic mass is 35.5. The van der Waals surface area contributed by atoms with Crippen LogP contribution in [0, 0.1) is 0 Å². The number of halogens is 1. The Kier molecular flexibility index (Phi) is 3.88. The fourth-order valence-electron chi connectivity index (χ4n) is 2.14. The molecule has 1 aliphatic carbocycles. The smallest absolute Gasteiger partial charge is 0.134 e. The monoisotopic (exact) mass is 287 g/mol. The molecule has 0 bridgehead atoms. The number of hydrogen-bond donors (Lipinski definition) is 1. The van der Waals surface area contributed by atoms with Crippen molar-refractivity contribution in [2.45, 2.75) is 32.1 Å². The second kappa shape index (κ2) is 5.80. The van der Waals surface area contributed by atoms with Crippen LogP contribution in [0.25, 0.3) is 11.3 Å². The van der Waals surface area contributed by atoms with E-state index in [2.05, 4.69) is 17.2 Å². The van der Waals surface area contributed by atoms with Crippen molar-refractivity contribution in [3.63, 3.8) is 0 Å². The van der Waals surface area contributed by atoms with Crippen LogP contribution in [-0.4, -0.2) is 16.5 Å². The summed E-state index contributed by atoms with van der Waals surface area (Å²) in [6.07, 6.45) is 3.46. The minimum Gasteiger partial charge on any atom is -0.370 e. The molecule has 0 saturated heterocycles. The van der Waals surface area contributed by atoms with Crippen LogP contribution in [0.5, 0.6) is 0 Å². The molecule has 1 aromatic heterocycles. The van der Waals surface area contributed by atoms with Crippen molar-refractivity contribution in [2.75, 3.05) is 11.9 Å². The van der Waals surface area contributed by atoms with Crippen molar-refractivity contribution in [2.24, 2.45) is 0 Å². The molecule has 1 saturated carbocycles. The molecule has 1 heterocycles. The third-order valence-corrected chi connectivity index (χ3v) is 3.72. The molecule has 20 heavy (non-hydrogen) atoms. The molecule has 1 fully saturated rings. The van der Waals surface area contributed by atoms with E-state index in [1.807, 2.05) is 30.3 Å². The van der Waals surface area contributed by atoms with E-state index in [4.69, 9.17) is 16.6 Å². The second-order valence-corrected chi connectivity index (χ2v) is 5.58. The van der Waals surface area contributed by atoms with Crippen molar-refractivity contribution >= 4 is 17.4 Å². The summed E-state index contributed by atoms with van der Waals surface area (Å²) in [6.45, 7) is 3.06. The van der Waals surface area contributed by atoms with E-state index in [-0.39, 0.29) is 0 Å². The van der Waals surface area contributed by atoms with Crippen molar-refractivity contribution in [3.8, 4) is 11.3 Å². The molecule has 1 aromatic carbocycles. The molecule has 0 amide bonds. The SMILES string of the molecule is CCCNc1cc(-c2ccccc2Cl)nc(C2CC2)n1. The van der Waals surface area contributed by atoms with Crippen molar-refractivity contribution in [1.82, 2.24) is 9.97 Å². The molecule has 0 spiro atoms. The lowest BCUT2D eigenvalue weighted by molar-refractivity contribution is 0.911. The van der Waals surface area contributed by atoms with Gasteiger partial charge in [0.1, 0.15) is 11.6 Å². The number of nitrogens with zero attached hydrogens (tertiary/aromatic N) is 2.